The summed E-state index contributed by atoms with van der Waals surface area (Å²) in [6.45, 7) is -1.53. The standard InChI is InChI=1S/C11H17ClF3NO2/c12-6-8-2-1-3-9(8)16-10(17)4-5-18-7-11(13,14)15/h8-9H,1-7H2,(H,16,17). The molecule has 1 N–H and O–H groups in total. The molecule has 0 aromatic carbocycles. The first kappa shape index (κ1) is 15.6. The monoisotopic (exact) mass is 287 g/mol. The molecule has 0 spiro atoms. The maximum Gasteiger partial charge on any atom is 0.411 e. The van der Waals surface area contributed by atoms with E-state index >= 15 is 0 Å². The van der Waals surface area contributed by atoms with Crippen molar-refractivity contribution < 1.29 is 22.7 Å². The molecule has 0 saturated heterocycles. The number of hydrogen-bond donors (Lipinski definition) is 1. The van der Waals surface area contributed by atoms with Gasteiger partial charge in [-0.3, -0.25) is 4.79 Å². The topological polar surface area (TPSA) is 38.3 Å². The molecule has 1 aliphatic carbocycles. The van der Waals surface area contributed by atoms with Crippen molar-refractivity contribution in [2.75, 3.05) is 19.1 Å². The Bertz CT molecular complexity index is 274. The number of ether oxygens (including phenoxy) is 1. The summed E-state index contributed by atoms with van der Waals surface area (Å²) in [5.74, 6) is 0.487. The lowest BCUT2D eigenvalue weighted by Gasteiger charge is -2.18. The van der Waals surface area contributed by atoms with Crippen LogP contribution in [0.4, 0.5) is 13.2 Å². The summed E-state index contributed by atoms with van der Waals surface area (Å²) in [6, 6.07) is 0.0533. The molecule has 106 valence electrons. The Kier molecular flexibility index (Phi) is 6.21. The Morgan fingerprint density at radius 2 is 2.11 bits per heavy atom. The van der Waals surface area contributed by atoms with Crippen molar-refractivity contribution in [3.63, 3.8) is 0 Å². The second-order valence-corrected chi connectivity index (χ2v) is 4.75. The van der Waals surface area contributed by atoms with E-state index < -0.39 is 12.8 Å². The third-order valence-electron chi connectivity index (χ3n) is 2.94. The quantitative estimate of drug-likeness (QED) is 0.602. The highest BCUT2D eigenvalue weighted by Gasteiger charge is 2.29. The van der Waals surface area contributed by atoms with Gasteiger partial charge in [-0.05, 0) is 18.8 Å². The van der Waals surface area contributed by atoms with Gasteiger partial charge in [0.15, 0.2) is 0 Å². The van der Waals surface area contributed by atoms with Crippen LogP contribution in [0.5, 0.6) is 0 Å². The fourth-order valence-electron chi connectivity index (χ4n) is 2.04. The van der Waals surface area contributed by atoms with E-state index in [1.165, 1.54) is 0 Å². The van der Waals surface area contributed by atoms with Gasteiger partial charge in [-0.1, -0.05) is 6.42 Å². The number of carbonyl (C=O) groups excluding carboxylic acids is 1. The van der Waals surface area contributed by atoms with Gasteiger partial charge in [0.2, 0.25) is 5.91 Å². The molecule has 1 saturated carbocycles. The van der Waals surface area contributed by atoms with Crippen LogP contribution < -0.4 is 5.32 Å². The van der Waals surface area contributed by atoms with Crippen molar-refractivity contribution in [1.82, 2.24) is 5.32 Å². The summed E-state index contributed by atoms with van der Waals surface area (Å²) in [4.78, 5) is 11.5. The zero-order valence-corrected chi connectivity index (χ0v) is 10.7. The van der Waals surface area contributed by atoms with Crippen LogP contribution in [-0.4, -0.2) is 37.2 Å². The summed E-state index contributed by atoms with van der Waals surface area (Å²) >= 11 is 5.76. The normalized spacial score (nSPS) is 24.2. The molecule has 1 fully saturated rings. The Balaban J connectivity index is 2.14. The first-order valence-corrected chi connectivity index (χ1v) is 6.45. The molecule has 2 unspecified atom stereocenters. The zero-order chi connectivity index (χ0) is 13.6. The van der Waals surface area contributed by atoms with Gasteiger partial charge in [-0.15, -0.1) is 11.6 Å². The lowest BCUT2D eigenvalue weighted by molar-refractivity contribution is -0.174. The van der Waals surface area contributed by atoms with E-state index in [2.05, 4.69) is 10.1 Å². The van der Waals surface area contributed by atoms with Crippen LogP contribution in [0.1, 0.15) is 25.7 Å². The lowest BCUT2D eigenvalue weighted by atomic mass is 10.1. The number of rotatable bonds is 6. The number of nitrogens with one attached hydrogen (secondary N) is 1. The maximum absolute atomic E-state index is 11.8. The number of carbonyl (C=O) groups is 1. The van der Waals surface area contributed by atoms with Crippen LogP contribution >= 0.6 is 11.6 Å². The smallest absolute Gasteiger partial charge is 0.372 e. The Morgan fingerprint density at radius 3 is 2.72 bits per heavy atom. The molecule has 2 atom stereocenters. The molecule has 0 radical (unpaired) electrons. The molecular formula is C11H17ClF3NO2. The van der Waals surface area contributed by atoms with Gasteiger partial charge >= 0.3 is 6.18 Å². The minimum atomic E-state index is -4.34. The number of alkyl halides is 4. The van der Waals surface area contributed by atoms with Gasteiger partial charge in [0.1, 0.15) is 6.61 Å². The second kappa shape index (κ2) is 7.19. The molecule has 0 heterocycles. The van der Waals surface area contributed by atoms with Gasteiger partial charge in [0, 0.05) is 18.3 Å². The van der Waals surface area contributed by atoms with E-state index in [1.54, 1.807) is 0 Å². The lowest BCUT2D eigenvalue weighted by Crippen LogP contribution is -2.38. The Morgan fingerprint density at radius 1 is 1.39 bits per heavy atom. The average Bonchev–Trinajstić information content (AvgIpc) is 2.70. The molecule has 0 aromatic heterocycles. The predicted octanol–water partition coefficient (Wildman–Crippen LogP) is 2.48. The summed E-state index contributed by atoms with van der Waals surface area (Å²) in [5, 5.41) is 2.79. The highest BCUT2D eigenvalue weighted by molar-refractivity contribution is 6.18. The molecule has 7 heteroatoms. The first-order chi connectivity index (χ1) is 8.42. The number of amides is 1. The largest absolute Gasteiger partial charge is 0.411 e. The average molecular weight is 288 g/mol. The van der Waals surface area contributed by atoms with E-state index in [0.717, 1.165) is 19.3 Å². The van der Waals surface area contributed by atoms with Crippen molar-refractivity contribution in [3.8, 4) is 0 Å². The molecule has 1 rings (SSSR count). The Hall–Kier alpha value is -0.490. The SMILES string of the molecule is O=C(CCOCC(F)(F)F)NC1CCCC1CCl. The molecule has 18 heavy (non-hydrogen) atoms. The van der Waals surface area contributed by atoms with Gasteiger partial charge < -0.3 is 10.1 Å². The fraction of sp³-hybridized carbons (Fsp3) is 0.909. The Labute approximate surface area is 109 Å². The molecule has 1 amide bonds. The van der Waals surface area contributed by atoms with Crippen LogP contribution in [0.25, 0.3) is 0 Å². The van der Waals surface area contributed by atoms with Crippen molar-refractivity contribution >= 4 is 17.5 Å². The van der Waals surface area contributed by atoms with Crippen molar-refractivity contribution in [1.29, 1.82) is 0 Å². The summed E-state index contributed by atoms with van der Waals surface area (Å²) in [5.41, 5.74) is 0. The molecule has 0 bridgehead atoms. The third-order valence-corrected chi connectivity index (χ3v) is 3.34. The molecule has 0 aromatic rings. The first-order valence-electron chi connectivity index (χ1n) is 5.92. The van der Waals surface area contributed by atoms with Gasteiger partial charge in [-0.2, -0.15) is 13.2 Å². The van der Waals surface area contributed by atoms with Crippen LogP contribution in [0, 0.1) is 5.92 Å². The molecule has 1 aliphatic rings. The zero-order valence-electron chi connectivity index (χ0n) is 9.93. The van der Waals surface area contributed by atoms with E-state index in [9.17, 15) is 18.0 Å². The van der Waals surface area contributed by atoms with E-state index in [0.29, 0.717) is 5.88 Å². The predicted molar refractivity (Wildman–Crippen MR) is 61.5 cm³/mol. The fourth-order valence-corrected chi connectivity index (χ4v) is 2.41. The summed E-state index contributed by atoms with van der Waals surface area (Å²) < 4.78 is 39.7. The van der Waals surface area contributed by atoms with Crippen molar-refractivity contribution in [3.05, 3.63) is 0 Å². The molecular weight excluding hydrogens is 271 g/mol. The van der Waals surface area contributed by atoms with Crippen LogP contribution in [0.3, 0.4) is 0 Å². The second-order valence-electron chi connectivity index (χ2n) is 4.44. The van der Waals surface area contributed by atoms with Crippen molar-refractivity contribution in [2.45, 2.75) is 37.9 Å². The molecule has 0 aliphatic heterocycles. The van der Waals surface area contributed by atoms with Crippen LogP contribution in [-0.2, 0) is 9.53 Å². The van der Waals surface area contributed by atoms with E-state index in [1.807, 2.05) is 0 Å². The third kappa shape index (κ3) is 5.91. The van der Waals surface area contributed by atoms with Crippen LogP contribution in [0.2, 0.25) is 0 Å². The highest BCUT2D eigenvalue weighted by Crippen LogP contribution is 2.26. The van der Waals surface area contributed by atoms with Gasteiger partial charge in [0.25, 0.3) is 0 Å². The maximum atomic E-state index is 11.8. The van der Waals surface area contributed by atoms with Crippen LogP contribution in [0.15, 0.2) is 0 Å². The summed E-state index contributed by atoms with van der Waals surface area (Å²) in [7, 11) is 0. The summed E-state index contributed by atoms with van der Waals surface area (Å²) in [6.07, 6.45) is -1.51. The minimum Gasteiger partial charge on any atom is -0.372 e. The molecule has 3 nitrogen and oxygen atoms in total. The van der Waals surface area contributed by atoms with E-state index in [-0.39, 0.29) is 30.9 Å². The van der Waals surface area contributed by atoms with Gasteiger partial charge in [0.05, 0.1) is 6.61 Å². The minimum absolute atomic E-state index is 0.0533. The van der Waals surface area contributed by atoms with Gasteiger partial charge in [-0.25, -0.2) is 0 Å². The highest BCUT2D eigenvalue weighted by atomic mass is 35.5. The van der Waals surface area contributed by atoms with Crippen molar-refractivity contribution in [2.24, 2.45) is 5.92 Å². The number of halogens is 4. The van der Waals surface area contributed by atoms with E-state index in [4.69, 9.17) is 11.6 Å². The number of hydrogen-bond acceptors (Lipinski definition) is 2.